The topological polar surface area (TPSA) is 82.2 Å². The highest BCUT2D eigenvalue weighted by Gasteiger charge is 2.32. The number of benzene rings is 2. The second kappa shape index (κ2) is 13.0. The molecule has 1 atom stereocenters. The maximum absolute atomic E-state index is 12.3. The molecule has 0 spiro atoms. The Morgan fingerprint density at radius 3 is 2.38 bits per heavy atom. The highest BCUT2D eigenvalue weighted by Crippen LogP contribution is 2.33. The van der Waals surface area contributed by atoms with Crippen LogP contribution < -0.4 is 10.1 Å². The summed E-state index contributed by atoms with van der Waals surface area (Å²) in [6.07, 6.45) is 4.04. The van der Waals surface area contributed by atoms with E-state index in [0.717, 1.165) is 48.2 Å². The minimum Gasteiger partial charge on any atom is -0.489 e. The summed E-state index contributed by atoms with van der Waals surface area (Å²) in [5.74, 6) is 1.81. The summed E-state index contributed by atoms with van der Waals surface area (Å²) < 4.78 is 6.22. The number of amides is 3. The molecular weight excluding hydrogens is 504 g/mol. The maximum Gasteiger partial charge on any atom is 0.249 e. The highest BCUT2D eigenvalue weighted by molar-refractivity contribution is 6.00. The monoisotopic (exact) mass is 546 g/mol. The Labute approximate surface area is 237 Å². The van der Waals surface area contributed by atoms with E-state index >= 15 is 0 Å². The lowest BCUT2D eigenvalue weighted by Crippen LogP contribution is -2.51. The van der Waals surface area contributed by atoms with E-state index in [4.69, 9.17) is 4.74 Å². The number of ether oxygens (including phenoxy) is 1. The summed E-state index contributed by atoms with van der Waals surface area (Å²) in [7, 11) is 0. The number of hydrogen-bond acceptors (Lipinski definition) is 6. The number of nitrogens with zero attached hydrogens (tertiary/aromatic N) is 3. The minimum atomic E-state index is -0.662. The standard InChI is InChI=1S/C32H42N4O4/c1-23-16-27(17-23)19-35-14-12-34(13-15-35)18-25-6-8-26(9-7-25)21-40-30-5-3-4-24(2)28(30)20-36(22-37)29-10-11-31(38)33-32(29)39/h3-9,22-23,27,29H,10-21H2,1-2H3,(H,33,38,39). The summed E-state index contributed by atoms with van der Waals surface area (Å²) in [6.45, 7) is 11.8. The summed E-state index contributed by atoms with van der Waals surface area (Å²) in [5, 5.41) is 2.34. The van der Waals surface area contributed by atoms with E-state index in [1.807, 2.05) is 25.1 Å². The molecular formula is C32H42N4O4. The number of piperidine rings is 1. The lowest BCUT2D eigenvalue weighted by atomic mass is 9.76. The third-order valence-electron chi connectivity index (χ3n) is 8.73. The van der Waals surface area contributed by atoms with Gasteiger partial charge in [0.25, 0.3) is 0 Å². The van der Waals surface area contributed by atoms with Gasteiger partial charge in [-0.2, -0.15) is 0 Å². The fourth-order valence-electron chi connectivity index (χ4n) is 6.29. The zero-order valence-electron chi connectivity index (χ0n) is 23.8. The van der Waals surface area contributed by atoms with E-state index in [9.17, 15) is 14.4 Å². The zero-order chi connectivity index (χ0) is 28.1. The Hall–Kier alpha value is -3.23. The number of aryl methyl sites for hydroxylation is 1. The number of carbonyl (C=O) groups excluding carboxylic acids is 3. The normalized spacial score (nSPS) is 23.8. The van der Waals surface area contributed by atoms with Gasteiger partial charge in [0.2, 0.25) is 18.2 Å². The van der Waals surface area contributed by atoms with Crippen molar-refractivity contribution in [1.82, 2.24) is 20.0 Å². The van der Waals surface area contributed by atoms with E-state index < -0.39 is 11.9 Å². The van der Waals surface area contributed by atoms with Crippen molar-refractivity contribution in [2.24, 2.45) is 11.8 Å². The Bertz CT molecular complexity index is 1190. The van der Waals surface area contributed by atoms with Gasteiger partial charge in [0.1, 0.15) is 18.4 Å². The fraction of sp³-hybridized carbons (Fsp3) is 0.531. The number of imide groups is 1. The number of nitrogens with one attached hydrogen (secondary N) is 1. The third kappa shape index (κ3) is 7.09. The molecule has 1 N–H and O–H groups in total. The van der Waals surface area contributed by atoms with Gasteiger partial charge < -0.3 is 14.5 Å². The first-order valence-corrected chi connectivity index (χ1v) is 14.7. The van der Waals surface area contributed by atoms with Gasteiger partial charge in [-0.15, -0.1) is 0 Å². The molecule has 8 heteroatoms. The lowest BCUT2D eigenvalue weighted by Gasteiger charge is -2.40. The van der Waals surface area contributed by atoms with Crippen LogP contribution in [0.4, 0.5) is 0 Å². The predicted molar refractivity (Wildman–Crippen MR) is 153 cm³/mol. The van der Waals surface area contributed by atoms with Gasteiger partial charge in [-0.1, -0.05) is 43.3 Å². The molecule has 3 amide bonds. The Morgan fingerprint density at radius 1 is 1.00 bits per heavy atom. The Morgan fingerprint density at radius 2 is 1.70 bits per heavy atom. The van der Waals surface area contributed by atoms with Crippen molar-refractivity contribution in [2.75, 3.05) is 32.7 Å². The van der Waals surface area contributed by atoms with Crippen LogP contribution in [0, 0.1) is 18.8 Å². The van der Waals surface area contributed by atoms with Gasteiger partial charge in [-0.3, -0.25) is 24.6 Å². The second-order valence-electron chi connectivity index (χ2n) is 11.9. The molecule has 1 unspecified atom stereocenters. The first-order valence-electron chi connectivity index (χ1n) is 14.7. The molecule has 2 aromatic rings. The summed E-state index contributed by atoms with van der Waals surface area (Å²) in [4.78, 5) is 42.4. The Balaban J connectivity index is 1.12. The van der Waals surface area contributed by atoms with Crippen molar-refractivity contribution in [3.63, 3.8) is 0 Å². The van der Waals surface area contributed by atoms with Crippen molar-refractivity contribution < 1.29 is 19.1 Å². The smallest absolute Gasteiger partial charge is 0.249 e. The molecule has 5 rings (SSSR count). The van der Waals surface area contributed by atoms with Crippen molar-refractivity contribution >= 4 is 18.2 Å². The van der Waals surface area contributed by atoms with Gasteiger partial charge in [0, 0.05) is 51.3 Å². The maximum atomic E-state index is 12.3. The quantitative estimate of drug-likeness (QED) is 0.343. The molecule has 1 aliphatic carbocycles. The highest BCUT2D eigenvalue weighted by atomic mass is 16.5. The van der Waals surface area contributed by atoms with Gasteiger partial charge in [0.05, 0.1) is 6.54 Å². The van der Waals surface area contributed by atoms with E-state index in [1.165, 1.54) is 42.9 Å². The molecule has 1 saturated carbocycles. The molecule has 2 heterocycles. The van der Waals surface area contributed by atoms with E-state index in [0.29, 0.717) is 25.2 Å². The van der Waals surface area contributed by atoms with Crippen LogP contribution in [0.15, 0.2) is 42.5 Å². The molecule has 2 saturated heterocycles. The molecule has 214 valence electrons. The molecule has 2 aliphatic heterocycles. The van der Waals surface area contributed by atoms with Crippen LogP contribution in [0.1, 0.15) is 54.9 Å². The molecule has 40 heavy (non-hydrogen) atoms. The first kappa shape index (κ1) is 28.3. The van der Waals surface area contributed by atoms with Crippen LogP contribution in [0.2, 0.25) is 0 Å². The van der Waals surface area contributed by atoms with Crippen LogP contribution in [-0.2, 0) is 34.1 Å². The average Bonchev–Trinajstić information content (AvgIpc) is 2.93. The molecule has 2 aromatic carbocycles. The van der Waals surface area contributed by atoms with E-state index in [2.05, 4.69) is 46.3 Å². The van der Waals surface area contributed by atoms with Crippen LogP contribution in [-0.4, -0.2) is 71.7 Å². The number of rotatable bonds is 11. The van der Waals surface area contributed by atoms with Crippen LogP contribution >= 0.6 is 0 Å². The number of carbonyl (C=O) groups is 3. The zero-order valence-corrected chi connectivity index (χ0v) is 23.8. The van der Waals surface area contributed by atoms with Crippen LogP contribution in [0.3, 0.4) is 0 Å². The third-order valence-corrected chi connectivity index (χ3v) is 8.73. The number of hydrogen-bond donors (Lipinski definition) is 1. The summed E-state index contributed by atoms with van der Waals surface area (Å²) >= 11 is 0. The van der Waals surface area contributed by atoms with E-state index in [1.54, 1.807) is 0 Å². The molecule has 0 bridgehead atoms. The number of piperazine rings is 1. The molecule has 3 fully saturated rings. The van der Waals surface area contributed by atoms with Gasteiger partial charge in [-0.25, -0.2) is 0 Å². The predicted octanol–water partition coefficient (Wildman–Crippen LogP) is 3.50. The first-order chi connectivity index (χ1) is 19.4. The second-order valence-corrected chi connectivity index (χ2v) is 11.9. The average molecular weight is 547 g/mol. The fourth-order valence-corrected chi connectivity index (χ4v) is 6.29. The van der Waals surface area contributed by atoms with Crippen LogP contribution in [0.25, 0.3) is 0 Å². The molecule has 0 radical (unpaired) electrons. The summed E-state index contributed by atoms with van der Waals surface area (Å²) in [6, 6.07) is 13.8. The Kier molecular flexibility index (Phi) is 9.17. The van der Waals surface area contributed by atoms with Gasteiger partial charge in [0.15, 0.2) is 0 Å². The van der Waals surface area contributed by atoms with Gasteiger partial charge >= 0.3 is 0 Å². The van der Waals surface area contributed by atoms with Crippen molar-refractivity contribution in [1.29, 1.82) is 0 Å². The van der Waals surface area contributed by atoms with Gasteiger partial charge in [-0.05, 0) is 60.8 Å². The minimum absolute atomic E-state index is 0.226. The van der Waals surface area contributed by atoms with Crippen LogP contribution in [0.5, 0.6) is 5.75 Å². The largest absolute Gasteiger partial charge is 0.489 e. The molecule has 3 aliphatic rings. The van der Waals surface area contributed by atoms with Crippen molar-refractivity contribution in [2.45, 2.75) is 65.3 Å². The lowest BCUT2D eigenvalue weighted by molar-refractivity contribution is -0.141. The van der Waals surface area contributed by atoms with Crippen molar-refractivity contribution in [3.05, 3.63) is 64.7 Å². The molecule has 0 aromatic heterocycles. The van der Waals surface area contributed by atoms with Crippen molar-refractivity contribution in [3.8, 4) is 5.75 Å². The molecule has 8 nitrogen and oxygen atoms in total. The summed E-state index contributed by atoms with van der Waals surface area (Å²) in [5.41, 5.74) is 4.23. The SMILES string of the molecule is Cc1cccc(OCc2ccc(CN3CCN(CC4CC(C)C4)CC3)cc2)c1CN(C=O)C1CCC(=O)NC1=O. The van der Waals surface area contributed by atoms with E-state index in [-0.39, 0.29) is 18.9 Å².